The molecule has 126 valence electrons. The van der Waals surface area contributed by atoms with E-state index in [0.29, 0.717) is 10.3 Å². The SMILES string of the molecule is CCP(CC)[C@H]1CCCC1C(C)P(C(C)(C)C)C(C)(C)C. The average molecular weight is 330 g/mol. The molecule has 1 fully saturated rings. The molecule has 0 nitrogen and oxygen atoms in total. The first-order valence-electron chi connectivity index (χ1n) is 9.07. The Balaban J connectivity index is 3.00. The van der Waals surface area contributed by atoms with Crippen molar-refractivity contribution < 1.29 is 0 Å². The average Bonchev–Trinajstić information content (AvgIpc) is 2.75. The van der Waals surface area contributed by atoms with E-state index in [-0.39, 0.29) is 15.8 Å². The van der Waals surface area contributed by atoms with Gasteiger partial charge in [-0.15, -0.1) is 7.92 Å². The van der Waals surface area contributed by atoms with Crippen LogP contribution in [0.1, 0.15) is 81.6 Å². The third-order valence-electron chi connectivity index (χ3n) is 5.29. The van der Waals surface area contributed by atoms with Gasteiger partial charge in [0.05, 0.1) is 0 Å². The molecule has 1 saturated carbocycles. The van der Waals surface area contributed by atoms with Crippen LogP contribution in [0.4, 0.5) is 0 Å². The van der Waals surface area contributed by atoms with Crippen molar-refractivity contribution in [2.24, 2.45) is 5.92 Å². The maximum Gasteiger partial charge on any atom is -0.0172 e. The van der Waals surface area contributed by atoms with Crippen LogP contribution in [-0.4, -0.2) is 34.0 Å². The molecule has 2 unspecified atom stereocenters. The normalized spacial score (nSPS) is 25.9. The molecule has 21 heavy (non-hydrogen) atoms. The Labute approximate surface area is 137 Å². The highest BCUT2D eigenvalue weighted by Crippen LogP contribution is 2.67. The van der Waals surface area contributed by atoms with Crippen molar-refractivity contribution in [3.05, 3.63) is 0 Å². The van der Waals surface area contributed by atoms with E-state index in [1.54, 1.807) is 0 Å². The molecule has 0 radical (unpaired) electrons. The Kier molecular flexibility index (Phi) is 7.22. The summed E-state index contributed by atoms with van der Waals surface area (Å²) in [7, 11) is 0.319. The molecule has 1 aliphatic carbocycles. The number of hydrogen-bond acceptors (Lipinski definition) is 0. The Morgan fingerprint density at radius 2 is 1.38 bits per heavy atom. The van der Waals surface area contributed by atoms with Crippen LogP contribution in [0.3, 0.4) is 0 Å². The first-order valence-corrected chi connectivity index (χ1v) is 12.3. The van der Waals surface area contributed by atoms with Gasteiger partial charge in [0.2, 0.25) is 0 Å². The topological polar surface area (TPSA) is 0 Å². The molecule has 1 rings (SSSR count). The van der Waals surface area contributed by atoms with Crippen molar-refractivity contribution in [2.45, 2.75) is 103 Å². The Morgan fingerprint density at radius 1 is 0.905 bits per heavy atom. The molecule has 0 aromatic carbocycles. The quantitative estimate of drug-likeness (QED) is 0.470. The molecule has 0 saturated heterocycles. The second kappa shape index (κ2) is 7.62. The van der Waals surface area contributed by atoms with Gasteiger partial charge < -0.3 is 0 Å². The molecule has 0 bridgehead atoms. The summed E-state index contributed by atoms with van der Waals surface area (Å²) in [5.41, 5.74) is 2.00. The maximum absolute atomic E-state index is 2.62. The van der Waals surface area contributed by atoms with Crippen molar-refractivity contribution in [3.8, 4) is 0 Å². The zero-order valence-corrected chi connectivity index (χ0v) is 18.0. The largest absolute Gasteiger partial charge is 0.104 e. The highest BCUT2D eigenvalue weighted by atomic mass is 31.1. The van der Waals surface area contributed by atoms with Gasteiger partial charge in [0, 0.05) is 0 Å². The minimum atomic E-state index is 0.0340. The molecule has 0 amide bonds. The summed E-state index contributed by atoms with van der Waals surface area (Å²) in [6.07, 6.45) is 7.43. The van der Waals surface area contributed by atoms with E-state index < -0.39 is 0 Å². The predicted molar refractivity (Wildman–Crippen MR) is 105 cm³/mol. The van der Waals surface area contributed by atoms with Crippen molar-refractivity contribution >= 4 is 15.8 Å². The molecule has 0 heterocycles. The Morgan fingerprint density at radius 3 is 1.76 bits per heavy atom. The zero-order chi connectivity index (χ0) is 16.4. The minimum absolute atomic E-state index is 0.0340. The lowest BCUT2D eigenvalue weighted by Crippen LogP contribution is -2.36. The van der Waals surface area contributed by atoms with Gasteiger partial charge in [0.25, 0.3) is 0 Å². The Hall–Kier alpha value is 0.860. The van der Waals surface area contributed by atoms with Crippen LogP contribution in [0.25, 0.3) is 0 Å². The van der Waals surface area contributed by atoms with Crippen molar-refractivity contribution in [2.75, 3.05) is 12.3 Å². The smallest absolute Gasteiger partial charge is 0.0172 e. The molecule has 2 heteroatoms. The molecule has 0 aromatic rings. The molecular formula is C19H40P2. The second-order valence-corrected chi connectivity index (χ2v) is 16.2. The van der Waals surface area contributed by atoms with Crippen LogP contribution < -0.4 is 0 Å². The van der Waals surface area contributed by atoms with Crippen LogP contribution in [0, 0.1) is 5.92 Å². The lowest BCUT2D eigenvalue weighted by atomic mass is 10.0. The van der Waals surface area contributed by atoms with E-state index >= 15 is 0 Å². The van der Waals surface area contributed by atoms with Gasteiger partial charge in [-0.05, 0) is 52.7 Å². The van der Waals surface area contributed by atoms with Gasteiger partial charge in [-0.3, -0.25) is 0 Å². The predicted octanol–water partition coefficient (Wildman–Crippen LogP) is 7.14. The van der Waals surface area contributed by atoms with Crippen molar-refractivity contribution in [1.29, 1.82) is 0 Å². The van der Waals surface area contributed by atoms with Gasteiger partial charge >= 0.3 is 0 Å². The molecule has 1 aliphatic rings. The fraction of sp³-hybridized carbons (Fsp3) is 1.00. The molecule has 0 spiro atoms. The molecule has 3 atom stereocenters. The molecule has 0 N–H and O–H groups in total. The fourth-order valence-corrected chi connectivity index (χ4v) is 13.3. The van der Waals surface area contributed by atoms with Crippen LogP contribution in [0.2, 0.25) is 0 Å². The summed E-state index contributed by atoms with van der Waals surface area (Å²) in [4.78, 5) is 0. The van der Waals surface area contributed by atoms with Gasteiger partial charge in [0.15, 0.2) is 0 Å². The van der Waals surface area contributed by atoms with Gasteiger partial charge in [-0.2, -0.15) is 0 Å². The third kappa shape index (κ3) is 4.91. The third-order valence-corrected chi connectivity index (χ3v) is 12.6. The van der Waals surface area contributed by atoms with Gasteiger partial charge in [-0.25, -0.2) is 0 Å². The molecule has 0 aromatic heterocycles. The van der Waals surface area contributed by atoms with Crippen LogP contribution in [0.15, 0.2) is 0 Å². The van der Waals surface area contributed by atoms with E-state index in [4.69, 9.17) is 0 Å². The standard InChI is InChI=1S/C19H40P2/c1-10-20(11-2)17-14-12-13-16(17)15(3)21(18(4,5)6)19(7,8)9/h15-17H,10-14H2,1-9H3/t15?,16?,17-/m0/s1. The summed E-state index contributed by atoms with van der Waals surface area (Å²) in [6.45, 7) is 22.4. The summed E-state index contributed by atoms with van der Waals surface area (Å²) in [5.74, 6) is 1.01. The Bertz CT molecular complexity index is 293. The number of rotatable bonds is 5. The zero-order valence-electron chi connectivity index (χ0n) is 16.2. The molecular weight excluding hydrogens is 290 g/mol. The lowest BCUT2D eigenvalue weighted by molar-refractivity contribution is 0.525. The monoisotopic (exact) mass is 330 g/mol. The summed E-state index contributed by atoms with van der Waals surface area (Å²) in [5, 5.41) is 0.947. The van der Waals surface area contributed by atoms with Gasteiger partial charge in [-0.1, -0.05) is 76.7 Å². The van der Waals surface area contributed by atoms with Crippen LogP contribution in [-0.2, 0) is 0 Å². The van der Waals surface area contributed by atoms with Crippen LogP contribution >= 0.6 is 15.8 Å². The summed E-state index contributed by atoms with van der Waals surface area (Å²) in [6, 6.07) is 0. The minimum Gasteiger partial charge on any atom is -0.104 e. The van der Waals surface area contributed by atoms with Gasteiger partial charge in [0.1, 0.15) is 0 Å². The maximum atomic E-state index is 2.62. The van der Waals surface area contributed by atoms with E-state index in [0.717, 1.165) is 17.2 Å². The fourth-order valence-electron chi connectivity index (χ4n) is 5.10. The van der Waals surface area contributed by atoms with Crippen LogP contribution in [0.5, 0.6) is 0 Å². The molecule has 0 aliphatic heterocycles. The van der Waals surface area contributed by atoms with Crippen molar-refractivity contribution in [1.82, 2.24) is 0 Å². The first kappa shape index (κ1) is 19.9. The summed E-state index contributed by atoms with van der Waals surface area (Å²) < 4.78 is 0. The highest BCUT2D eigenvalue weighted by molar-refractivity contribution is 7.62. The van der Waals surface area contributed by atoms with E-state index in [1.807, 2.05) is 0 Å². The summed E-state index contributed by atoms with van der Waals surface area (Å²) >= 11 is 0. The van der Waals surface area contributed by atoms with E-state index in [9.17, 15) is 0 Å². The lowest BCUT2D eigenvalue weighted by Gasteiger charge is -2.49. The number of hydrogen-bond donors (Lipinski definition) is 0. The van der Waals surface area contributed by atoms with E-state index in [2.05, 4.69) is 62.3 Å². The first-order chi connectivity index (χ1) is 9.54. The van der Waals surface area contributed by atoms with E-state index in [1.165, 1.54) is 31.6 Å². The highest BCUT2D eigenvalue weighted by Gasteiger charge is 2.44. The second-order valence-electron chi connectivity index (χ2n) is 8.84. The van der Waals surface area contributed by atoms with Crippen molar-refractivity contribution in [3.63, 3.8) is 0 Å².